The number of carbonyl (C=O) groups is 1. The van der Waals surface area contributed by atoms with Gasteiger partial charge in [0.15, 0.2) is 0 Å². The van der Waals surface area contributed by atoms with E-state index in [4.69, 9.17) is 0 Å². The molecule has 0 bridgehead atoms. The van der Waals surface area contributed by atoms with Crippen LogP contribution >= 0.6 is 0 Å². The Hall–Kier alpha value is -2.77. The average Bonchev–Trinajstić information content (AvgIpc) is 2.54. The van der Waals surface area contributed by atoms with Crippen LogP contribution in [0.5, 0.6) is 0 Å². The highest BCUT2D eigenvalue weighted by molar-refractivity contribution is 5.78. The van der Waals surface area contributed by atoms with Gasteiger partial charge in [0, 0.05) is 37.5 Å². The molecule has 2 rings (SSSR count). The number of rotatable bonds is 8. The Morgan fingerprint density at radius 3 is 2.64 bits per heavy atom. The molecule has 3 N–H and O–H groups in total. The molecule has 0 fully saturated rings. The molecular formula is C17H21F2N5O. The lowest BCUT2D eigenvalue weighted by molar-refractivity contribution is -0.120. The van der Waals surface area contributed by atoms with Gasteiger partial charge in [0.25, 0.3) is 0 Å². The number of nitrogens with one attached hydrogen (secondary N) is 3. The van der Waals surface area contributed by atoms with Crippen molar-refractivity contribution >= 4 is 17.7 Å². The highest BCUT2D eigenvalue weighted by Crippen LogP contribution is 2.10. The number of aromatic nitrogens is 2. The molecule has 0 saturated carbocycles. The van der Waals surface area contributed by atoms with Crippen molar-refractivity contribution in [2.45, 2.75) is 20.3 Å². The van der Waals surface area contributed by atoms with E-state index in [1.165, 1.54) is 6.07 Å². The van der Waals surface area contributed by atoms with E-state index in [0.29, 0.717) is 24.9 Å². The third-order valence-corrected chi connectivity index (χ3v) is 3.31. The van der Waals surface area contributed by atoms with Crippen LogP contribution in [0.25, 0.3) is 0 Å². The number of carbonyl (C=O) groups excluding carboxylic acids is 1. The van der Waals surface area contributed by atoms with Gasteiger partial charge in [-0.1, -0.05) is 6.07 Å². The lowest BCUT2D eigenvalue weighted by Crippen LogP contribution is -2.30. The van der Waals surface area contributed by atoms with E-state index >= 15 is 0 Å². The van der Waals surface area contributed by atoms with Crippen LogP contribution in [0, 0.1) is 18.6 Å². The Morgan fingerprint density at radius 1 is 1.12 bits per heavy atom. The van der Waals surface area contributed by atoms with Gasteiger partial charge in [0.1, 0.15) is 17.5 Å². The van der Waals surface area contributed by atoms with E-state index in [0.717, 1.165) is 24.4 Å². The number of anilines is 2. The molecule has 0 radical (unpaired) electrons. The van der Waals surface area contributed by atoms with Crippen LogP contribution in [-0.2, 0) is 11.2 Å². The molecule has 0 atom stereocenters. The second kappa shape index (κ2) is 8.91. The predicted molar refractivity (Wildman–Crippen MR) is 92.5 cm³/mol. The van der Waals surface area contributed by atoms with E-state index in [2.05, 4.69) is 25.9 Å². The van der Waals surface area contributed by atoms with E-state index in [1.807, 2.05) is 13.8 Å². The zero-order chi connectivity index (χ0) is 18.2. The summed E-state index contributed by atoms with van der Waals surface area (Å²) in [5.41, 5.74) is 0.984. The largest absolute Gasteiger partial charge is 0.368 e. The predicted octanol–water partition coefficient (Wildman–Crippen LogP) is 2.27. The number of halogens is 2. The van der Waals surface area contributed by atoms with Crippen molar-refractivity contribution in [2.24, 2.45) is 0 Å². The summed E-state index contributed by atoms with van der Waals surface area (Å²) in [5.74, 6) is -0.522. The second-order valence-corrected chi connectivity index (χ2v) is 5.44. The third kappa shape index (κ3) is 5.98. The standard InChI is InChI=1S/C17H21F2N5O/c1-3-20-17-23-11(2)8-15(24-17)21-6-7-22-16(25)9-12-4-5-13(18)10-14(12)19/h4-5,8,10H,3,6-7,9H2,1-2H3,(H,22,25)(H2,20,21,23,24). The minimum atomic E-state index is -0.722. The van der Waals surface area contributed by atoms with E-state index in [-0.39, 0.29) is 17.9 Å². The maximum Gasteiger partial charge on any atom is 0.224 e. The SMILES string of the molecule is CCNc1nc(C)cc(NCCNC(=O)Cc2ccc(F)cc2F)n1. The quantitative estimate of drug-likeness (QED) is 0.637. The van der Waals surface area contributed by atoms with Gasteiger partial charge in [-0.2, -0.15) is 4.98 Å². The molecule has 8 heteroatoms. The lowest BCUT2D eigenvalue weighted by atomic mass is 10.1. The molecule has 1 heterocycles. The second-order valence-electron chi connectivity index (χ2n) is 5.44. The first-order valence-corrected chi connectivity index (χ1v) is 8.02. The van der Waals surface area contributed by atoms with Crippen molar-refractivity contribution in [3.63, 3.8) is 0 Å². The summed E-state index contributed by atoms with van der Waals surface area (Å²) >= 11 is 0. The molecule has 0 saturated heterocycles. The Bertz CT molecular complexity index is 739. The first-order chi connectivity index (χ1) is 12.0. The highest BCUT2D eigenvalue weighted by atomic mass is 19.1. The van der Waals surface area contributed by atoms with Crippen molar-refractivity contribution in [1.29, 1.82) is 0 Å². The topological polar surface area (TPSA) is 78.9 Å². The van der Waals surface area contributed by atoms with E-state index in [1.54, 1.807) is 6.07 Å². The summed E-state index contributed by atoms with van der Waals surface area (Å²) in [5, 5.41) is 8.81. The van der Waals surface area contributed by atoms with Crippen LogP contribution in [-0.4, -0.2) is 35.5 Å². The van der Waals surface area contributed by atoms with Crippen LogP contribution in [0.2, 0.25) is 0 Å². The Morgan fingerprint density at radius 2 is 1.92 bits per heavy atom. The van der Waals surface area contributed by atoms with Crippen LogP contribution in [0.15, 0.2) is 24.3 Å². The molecule has 0 spiro atoms. The van der Waals surface area contributed by atoms with Gasteiger partial charge >= 0.3 is 0 Å². The Labute approximate surface area is 145 Å². The molecule has 1 amide bonds. The average molecular weight is 349 g/mol. The molecule has 134 valence electrons. The van der Waals surface area contributed by atoms with Crippen molar-refractivity contribution < 1.29 is 13.6 Å². The molecule has 0 aliphatic carbocycles. The van der Waals surface area contributed by atoms with Gasteiger partial charge in [-0.25, -0.2) is 13.8 Å². The summed E-state index contributed by atoms with van der Waals surface area (Å²) in [6.07, 6.45) is -0.136. The number of aryl methyl sites for hydroxylation is 1. The van der Waals surface area contributed by atoms with E-state index < -0.39 is 11.6 Å². The molecule has 0 unspecified atom stereocenters. The minimum absolute atomic E-state index is 0.136. The molecular weight excluding hydrogens is 328 g/mol. The summed E-state index contributed by atoms with van der Waals surface area (Å²) < 4.78 is 26.3. The smallest absolute Gasteiger partial charge is 0.224 e. The van der Waals surface area contributed by atoms with Crippen molar-refractivity contribution in [1.82, 2.24) is 15.3 Å². The molecule has 25 heavy (non-hydrogen) atoms. The molecule has 1 aromatic carbocycles. The number of hydrogen-bond donors (Lipinski definition) is 3. The first-order valence-electron chi connectivity index (χ1n) is 8.02. The van der Waals surface area contributed by atoms with Gasteiger partial charge in [-0.15, -0.1) is 0 Å². The summed E-state index contributed by atoms with van der Waals surface area (Å²) in [6, 6.07) is 4.97. The van der Waals surface area contributed by atoms with Gasteiger partial charge < -0.3 is 16.0 Å². The number of nitrogens with zero attached hydrogens (tertiary/aromatic N) is 2. The summed E-state index contributed by atoms with van der Waals surface area (Å²) in [4.78, 5) is 20.4. The van der Waals surface area contributed by atoms with Crippen molar-refractivity contribution in [2.75, 3.05) is 30.3 Å². The van der Waals surface area contributed by atoms with Crippen LogP contribution in [0.3, 0.4) is 0 Å². The van der Waals surface area contributed by atoms with Gasteiger partial charge in [-0.3, -0.25) is 4.79 Å². The Kier molecular flexibility index (Phi) is 6.62. The normalized spacial score (nSPS) is 10.4. The summed E-state index contributed by atoms with van der Waals surface area (Å²) in [6.45, 7) is 5.35. The van der Waals surface area contributed by atoms with E-state index in [9.17, 15) is 13.6 Å². The molecule has 1 aromatic heterocycles. The molecule has 6 nitrogen and oxygen atoms in total. The monoisotopic (exact) mass is 349 g/mol. The van der Waals surface area contributed by atoms with Gasteiger partial charge in [0.2, 0.25) is 11.9 Å². The first kappa shape index (κ1) is 18.6. The maximum atomic E-state index is 13.5. The fourth-order valence-electron chi connectivity index (χ4n) is 2.19. The zero-order valence-corrected chi connectivity index (χ0v) is 14.2. The Balaban J connectivity index is 1.78. The summed E-state index contributed by atoms with van der Waals surface area (Å²) in [7, 11) is 0. The molecule has 0 aliphatic heterocycles. The van der Waals surface area contributed by atoms with Crippen LogP contribution in [0.1, 0.15) is 18.2 Å². The minimum Gasteiger partial charge on any atom is -0.368 e. The van der Waals surface area contributed by atoms with Crippen molar-refractivity contribution in [3.05, 3.63) is 47.2 Å². The van der Waals surface area contributed by atoms with Crippen molar-refractivity contribution in [3.8, 4) is 0 Å². The fraction of sp³-hybridized carbons (Fsp3) is 0.353. The fourth-order valence-corrected chi connectivity index (χ4v) is 2.19. The number of hydrogen-bond acceptors (Lipinski definition) is 5. The number of amides is 1. The van der Waals surface area contributed by atoms with Gasteiger partial charge in [0.05, 0.1) is 6.42 Å². The highest BCUT2D eigenvalue weighted by Gasteiger charge is 2.09. The molecule has 0 aliphatic rings. The molecule has 2 aromatic rings. The maximum absolute atomic E-state index is 13.5. The third-order valence-electron chi connectivity index (χ3n) is 3.31. The van der Waals surface area contributed by atoms with Crippen LogP contribution in [0.4, 0.5) is 20.5 Å². The zero-order valence-electron chi connectivity index (χ0n) is 14.2. The number of benzene rings is 1. The van der Waals surface area contributed by atoms with Gasteiger partial charge in [-0.05, 0) is 25.5 Å². The lowest BCUT2D eigenvalue weighted by Gasteiger charge is -2.10. The van der Waals surface area contributed by atoms with Crippen LogP contribution < -0.4 is 16.0 Å².